The molecule has 0 bridgehead atoms. The molecule has 1 saturated heterocycles. The van der Waals surface area contributed by atoms with Gasteiger partial charge in [-0.1, -0.05) is 17.3 Å². The molecular formula is C24H19FN4O3. The number of halogens is 1. The van der Waals surface area contributed by atoms with E-state index >= 15 is 0 Å². The van der Waals surface area contributed by atoms with Gasteiger partial charge in [-0.15, -0.1) is 0 Å². The highest BCUT2D eigenvalue weighted by molar-refractivity contribution is 5.95. The molecule has 0 N–H and O–H groups in total. The molecule has 32 heavy (non-hydrogen) atoms. The average molecular weight is 430 g/mol. The Morgan fingerprint density at radius 3 is 2.41 bits per heavy atom. The summed E-state index contributed by atoms with van der Waals surface area (Å²) in [6.45, 7) is 1.10. The molecule has 1 fully saturated rings. The highest BCUT2D eigenvalue weighted by atomic mass is 19.1. The number of aromatic nitrogens is 3. The lowest BCUT2D eigenvalue weighted by Gasteiger charge is -2.16. The van der Waals surface area contributed by atoms with Crippen LogP contribution in [-0.4, -0.2) is 27.2 Å². The number of nitrogens with zero attached hydrogens (tertiary/aromatic N) is 4. The molecule has 0 spiro atoms. The van der Waals surface area contributed by atoms with Gasteiger partial charge in [0.05, 0.1) is 12.1 Å². The molecule has 2 aromatic heterocycles. The molecular weight excluding hydrogens is 411 g/mol. The van der Waals surface area contributed by atoms with Crippen molar-refractivity contribution >= 4 is 11.6 Å². The van der Waals surface area contributed by atoms with Crippen molar-refractivity contribution < 1.29 is 13.7 Å². The SMILES string of the molecule is O=C1CCCN1c1ccc(Cn2cc(-c3nc(-c4ccc(F)cc4)no3)ccc2=O)cc1. The minimum atomic E-state index is -0.343. The second kappa shape index (κ2) is 8.22. The number of hydrogen-bond acceptors (Lipinski definition) is 5. The minimum Gasteiger partial charge on any atom is -0.334 e. The molecule has 1 aliphatic heterocycles. The molecule has 160 valence electrons. The molecule has 5 rings (SSSR count). The summed E-state index contributed by atoms with van der Waals surface area (Å²) < 4.78 is 20.1. The smallest absolute Gasteiger partial charge is 0.259 e. The molecule has 3 heterocycles. The van der Waals surface area contributed by atoms with E-state index in [4.69, 9.17) is 4.52 Å². The number of carbonyl (C=O) groups excluding carboxylic acids is 1. The van der Waals surface area contributed by atoms with Crippen LogP contribution in [0, 0.1) is 5.82 Å². The molecule has 0 atom stereocenters. The highest BCUT2D eigenvalue weighted by Crippen LogP contribution is 2.23. The Labute approximate surface area is 182 Å². The highest BCUT2D eigenvalue weighted by Gasteiger charge is 2.21. The van der Waals surface area contributed by atoms with E-state index in [1.807, 2.05) is 24.3 Å². The first-order valence-electron chi connectivity index (χ1n) is 10.3. The molecule has 4 aromatic rings. The average Bonchev–Trinajstić information content (AvgIpc) is 3.46. The van der Waals surface area contributed by atoms with E-state index < -0.39 is 0 Å². The number of pyridine rings is 1. The zero-order valence-corrected chi connectivity index (χ0v) is 17.1. The van der Waals surface area contributed by atoms with Gasteiger partial charge in [0.15, 0.2) is 0 Å². The predicted molar refractivity (Wildman–Crippen MR) is 117 cm³/mol. The Hall–Kier alpha value is -4.07. The van der Waals surface area contributed by atoms with Gasteiger partial charge >= 0.3 is 0 Å². The zero-order chi connectivity index (χ0) is 22.1. The van der Waals surface area contributed by atoms with Gasteiger partial charge < -0.3 is 14.0 Å². The van der Waals surface area contributed by atoms with Crippen molar-refractivity contribution in [3.8, 4) is 22.8 Å². The fourth-order valence-corrected chi connectivity index (χ4v) is 3.74. The first-order chi connectivity index (χ1) is 15.6. The maximum absolute atomic E-state index is 13.1. The summed E-state index contributed by atoms with van der Waals surface area (Å²) in [5.74, 6) is 0.400. The normalized spacial score (nSPS) is 13.7. The lowest BCUT2D eigenvalue weighted by molar-refractivity contribution is -0.117. The van der Waals surface area contributed by atoms with E-state index in [0.29, 0.717) is 29.9 Å². The summed E-state index contributed by atoms with van der Waals surface area (Å²) in [5, 5.41) is 3.95. The first-order valence-corrected chi connectivity index (χ1v) is 10.3. The lowest BCUT2D eigenvalue weighted by Crippen LogP contribution is -2.23. The van der Waals surface area contributed by atoms with E-state index in [0.717, 1.165) is 24.2 Å². The van der Waals surface area contributed by atoms with E-state index in [-0.39, 0.29) is 23.2 Å². The Bertz CT molecular complexity index is 1330. The van der Waals surface area contributed by atoms with E-state index in [1.54, 1.807) is 33.9 Å². The zero-order valence-electron chi connectivity index (χ0n) is 17.1. The Morgan fingerprint density at radius 2 is 1.69 bits per heavy atom. The van der Waals surface area contributed by atoms with Crippen molar-refractivity contribution in [2.45, 2.75) is 19.4 Å². The monoisotopic (exact) mass is 430 g/mol. The maximum Gasteiger partial charge on any atom is 0.259 e. The number of benzene rings is 2. The van der Waals surface area contributed by atoms with Gasteiger partial charge in [-0.05, 0) is 54.4 Å². The van der Waals surface area contributed by atoms with E-state index in [9.17, 15) is 14.0 Å². The summed E-state index contributed by atoms with van der Waals surface area (Å²) in [7, 11) is 0. The third-order valence-corrected chi connectivity index (χ3v) is 5.43. The molecule has 0 saturated carbocycles. The van der Waals surface area contributed by atoms with Gasteiger partial charge in [0.2, 0.25) is 11.7 Å². The van der Waals surface area contributed by atoms with Gasteiger partial charge in [0.1, 0.15) is 5.82 Å². The van der Waals surface area contributed by atoms with Crippen molar-refractivity contribution in [1.29, 1.82) is 0 Å². The fourth-order valence-electron chi connectivity index (χ4n) is 3.74. The molecule has 0 aliphatic carbocycles. The molecule has 1 amide bonds. The lowest BCUT2D eigenvalue weighted by atomic mass is 10.2. The number of hydrogen-bond donors (Lipinski definition) is 0. The van der Waals surface area contributed by atoms with Crippen LogP contribution in [0.5, 0.6) is 0 Å². The number of rotatable bonds is 5. The Balaban J connectivity index is 1.37. The van der Waals surface area contributed by atoms with E-state index in [2.05, 4.69) is 10.1 Å². The molecule has 0 unspecified atom stereocenters. The minimum absolute atomic E-state index is 0.140. The topological polar surface area (TPSA) is 81.2 Å². The van der Waals surface area contributed by atoms with Gasteiger partial charge in [0, 0.05) is 36.5 Å². The predicted octanol–water partition coefficient (Wildman–Crippen LogP) is 3.88. The second-order valence-electron chi connectivity index (χ2n) is 7.63. The molecule has 2 aromatic carbocycles. The molecule has 8 heteroatoms. The summed E-state index contributed by atoms with van der Waals surface area (Å²) >= 11 is 0. The van der Waals surface area contributed by atoms with Crippen LogP contribution in [0.3, 0.4) is 0 Å². The van der Waals surface area contributed by atoms with Crippen LogP contribution in [0.4, 0.5) is 10.1 Å². The number of anilines is 1. The van der Waals surface area contributed by atoms with Crippen molar-refractivity contribution in [3.63, 3.8) is 0 Å². The van der Waals surface area contributed by atoms with Gasteiger partial charge in [-0.2, -0.15) is 4.98 Å². The standard InChI is InChI=1S/C24H19FN4O3/c25-19-8-5-17(6-9-19)23-26-24(32-27-23)18-7-12-21(30)28(15-18)14-16-3-10-20(11-4-16)29-13-1-2-22(29)31/h3-12,15H,1-2,13-14H2. The summed E-state index contributed by atoms with van der Waals surface area (Å²) in [6, 6.07) is 16.5. The summed E-state index contributed by atoms with van der Waals surface area (Å²) in [4.78, 5) is 30.5. The van der Waals surface area contributed by atoms with Crippen LogP contribution in [-0.2, 0) is 11.3 Å². The summed E-state index contributed by atoms with van der Waals surface area (Å²) in [6.07, 6.45) is 3.13. The van der Waals surface area contributed by atoms with Crippen LogP contribution in [0.2, 0.25) is 0 Å². The van der Waals surface area contributed by atoms with Gasteiger partial charge in [-0.25, -0.2) is 4.39 Å². The fraction of sp³-hybridized carbons (Fsp3) is 0.167. The Morgan fingerprint density at radius 1 is 0.938 bits per heavy atom. The third-order valence-electron chi connectivity index (χ3n) is 5.43. The van der Waals surface area contributed by atoms with Crippen molar-refractivity contribution in [3.05, 3.63) is 88.6 Å². The number of amides is 1. The number of carbonyl (C=O) groups is 1. The Kier molecular flexibility index (Phi) is 5.10. The van der Waals surface area contributed by atoms with Crippen LogP contribution >= 0.6 is 0 Å². The second-order valence-corrected chi connectivity index (χ2v) is 7.63. The molecule has 0 radical (unpaired) electrons. The van der Waals surface area contributed by atoms with Gasteiger partial charge in [0.25, 0.3) is 11.4 Å². The quantitative estimate of drug-likeness (QED) is 0.480. The molecule has 7 nitrogen and oxygen atoms in total. The first kappa shape index (κ1) is 19.9. The van der Waals surface area contributed by atoms with Crippen LogP contribution in [0.1, 0.15) is 18.4 Å². The van der Waals surface area contributed by atoms with Crippen LogP contribution in [0.25, 0.3) is 22.8 Å². The van der Waals surface area contributed by atoms with Gasteiger partial charge in [-0.3, -0.25) is 9.59 Å². The largest absolute Gasteiger partial charge is 0.334 e. The van der Waals surface area contributed by atoms with Crippen LogP contribution < -0.4 is 10.5 Å². The van der Waals surface area contributed by atoms with Crippen molar-refractivity contribution in [2.24, 2.45) is 0 Å². The van der Waals surface area contributed by atoms with E-state index in [1.165, 1.54) is 18.2 Å². The van der Waals surface area contributed by atoms with Crippen molar-refractivity contribution in [1.82, 2.24) is 14.7 Å². The van der Waals surface area contributed by atoms with Crippen LogP contribution in [0.15, 0.2) is 76.2 Å². The maximum atomic E-state index is 13.1. The third kappa shape index (κ3) is 3.94. The van der Waals surface area contributed by atoms with Crippen molar-refractivity contribution in [2.75, 3.05) is 11.4 Å². The summed E-state index contributed by atoms with van der Waals surface area (Å²) in [5.41, 5.74) is 2.87. The molecule has 1 aliphatic rings.